The van der Waals surface area contributed by atoms with E-state index in [0.717, 1.165) is 49.9 Å². The lowest BCUT2D eigenvalue weighted by Crippen LogP contribution is -2.56. The fourth-order valence-corrected chi connectivity index (χ4v) is 7.66. The highest BCUT2D eigenvalue weighted by molar-refractivity contribution is 9.09. The molecule has 0 aromatic rings. The number of aliphatic hydroxyl groups excluding tert-OH is 1. The molecule has 4 fully saturated rings. The van der Waals surface area contributed by atoms with Crippen LogP contribution in [0, 0.1) is 34.5 Å². The van der Waals surface area contributed by atoms with E-state index < -0.39 is 0 Å². The summed E-state index contributed by atoms with van der Waals surface area (Å²) < 4.78 is 0. The van der Waals surface area contributed by atoms with Gasteiger partial charge in [-0.05, 0) is 74.0 Å². The van der Waals surface area contributed by atoms with Gasteiger partial charge in [-0.2, -0.15) is 0 Å². The van der Waals surface area contributed by atoms with Crippen LogP contribution in [0.15, 0.2) is 0 Å². The van der Waals surface area contributed by atoms with Crippen molar-refractivity contribution in [2.45, 2.75) is 76.1 Å². The van der Waals surface area contributed by atoms with Gasteiger partial charge in [0, 0.05) is 16.7 Å². The maximum atomic E-state index is 12.4. The lowest BCUT2D eigenvalue weighted by atomic mass is 9.45. The second-order valence-electron chi connectivity index (χ2n) is 9.10. The summed E-state index contributed by atoms with van der Waals surface area (Å²) in [6.45, 7) is 4.71. The van der Waals surface area contributed by atoms with Crippen molar-refractivity contribution in [3.05, 3.63) is 0 Å². The molecule has 124 valence electrons. The molecule has 0 aromatic heterocycles. The molecule has 0 heterocycles. The molecular weight excluding hydrogens is 340 g/mol. The monoisotopic (exact) mass is 368 g/mol. The Morgan fingerprint density at radius 1 is 1.14 bits per heavy atom. The molecule has 0 spiro atoms. The van der Waals surface area contributed by atoms with Gasteiger partial charge >= 0.3 is 0 Å². The van der Waals surface area contributed by atoms with Crippen LogP contribution in [-0.4, -0.2) is 21.8 Å². The summed E-state index contributed by atoms with van der Waals surface area (Å²) >= 11 is 3.69. The first-order valence-electron chi connectivity index (χ1n) is 9.21. The molecule has 4 aliphatic rings. The van der Waals surface area contributed by atoms with Crippen LogP contribution in [0.2, 0.25) is 0 Å². The first-order valence-corrected chi connectivity index (χ1v) is 10.1. The van der Waals surface area contributed by atoms with Crippen LogP contribution in [0.3, 0.4) is 0 Å². The number of alkyl halides is 1. The summed E-state index contributed by atoms with van der Waals surface area (Å²) in [5.41, 5.74) is 0.273. The zero-order valence-corrected chi connectivity index (χ0v) is 15.4. The Labute approximate surface area is 142 Å². The largest absolute Gasteiger partial charge is 0.392 e. The highest BCUT2D eigenvalue weighted by Crippen LogP contribution is 2.65. The number of hydrogen-bond donors (Lipinski definition) is 1. The van der Waals surface area contributed by atoms with Gasteiger partial charge in [-0.1, -0.05) is 29.8 Å². The Balaban J connectivity index is 1.65. The summed E-state index contributed by atoms with van der Waals surface area (Å²) in [6.07, 6.45) is 8.73. The highest BCUT2D eigenvalue weighted by Gasteiger charge is 2.60. The van der Waals surface area contributed by atoms with E-state index in [1.54, 1.807) is 0 Å². The maximum absolute atomic E-state index is 12.4. The van der Waals surface area contributed by atoms with Crippen LogP contribution in [-0.2, 0) is 4.79 Å². The molecule has 0 radical (unpaired) electrons. The number of hydrogen-bond acceptors (Lipinski definition) is 2. The molecule has 8 unspecified atom stereocenters. The fraction of sp³-hybridized carbons (Fsp3) is 0.947. The zero-order chi connectivity index (χ0) is 15.7. The van der Waals surface area contributed by atoms with Crippen molar-refractivity contribution < 1.29 is 9.90 Å². The Kier molecular flexibility index (Phi) is 3.59. The molecule has 1 N–H and O–H groups in total. The summed E-state index contributed by atoms with van der Waals surface area (Å²) in [4.78, 5) is 12.7. The predicted molar refractivity (Wildman–Crippen MR) is 90.8 cm³/mol. The van der Waals surface area contributed by atoms with Crippen LogP contribution in [0.1, 0.15) is 65.2 Å². The second kappa shape index (κ2) is 5.05. The first-order chi connectivity index (χ1) is 10.4. The van der Waals surface area contributed by atoms with Gasteiger partial charge in [0.05, 0.1) is 6.10 Å². The Morgan fingerprint density at radius 2 is 1.91 bits per heavy atom. The smallest absolute Gasteiger partial charge is 0.139 e. The van der Waals surface area contributed by atoms with Crippen molar-refractivity contribution in [3.8, 4) is 0 Å². The summed E-state index contributed by atoms with van der Waals surface area (Å²) in [7, 11) is 0. The third kappa shape index (κ3) is 1.97. The highest BCUT2D eigenvalue weighted by atomic mass is 79.9. The normalized spacial score (nSPS) is 57.9. The van der Waals surface area contributed by atoms with Gasteiger partial charge in [-0.25, -0.2) is 0 Å². The number of fused-ring (bicyclic) bond motifs is 5. The molecule has 4 rings (SSSR count). The van der Waals surface area contributed by atoms with Gasteiger partial charge in [0.15, 0.2) is 0 Å². The van der Waals surface area contributed by atoms with Gasteiger partial charge in [-0.15, -0.1) is 0 Å². The zero-order valence-electron chi connectivity index (χ0n) is 13.9. The van der Waals surface area contributed by atoms with Crippen LogP contribution in [0.25, 0.3) is 0 Å². The minimum absolute atomic E-state index is 0.0182. The molecule has 8 atom stereocenters. The predicted octanol–water partition coefficient (Wildman–Crippen LogP) is 4.33. The van der Waals surface area contributed by atoms with Gasteiger partial charge in [0.1, 0.15) is 5.78 Å². The van der Waals surface area contributed by atoms with Gasteiger partial charge < -0.3 is 5.11 Å². The average molecular weight is 369 g/mol. The number of carbonyl (C=O) groups excluding carboxylic acids is 1. The van der Waals surface area contributed by atoms with E-state index in [1.807, 2.05) is 0 Å². The Morgan fingerprint density at radius 3 is 2.68 bits per heavy atom. The quantitative estimate of drug-likeness (QED) is 0.646. The molecule has 2 nitrogen and oxygen atoms in total. The van der Waals surface area contributed by atoms with E-state index >= 15 is 0 Å². The van der Waals surface area contributed by atoms with Crippen molar-refractivity contribution in [2.75, 3.05) is 0 Å². The first kappa shape index (κ1) is 15.6. The molecule has 0 bridgehead atoms. The third-order valence-corrected chi connectivity index (χ3v) is 9.33. The summed E-state index contributed by atoms with van der Waals surface area (Å²) in [5.74, 6) is 3.36. The Bertz CT molecular complexity index is 492. The molecular formula is C19H29BrO2. The van der Waals surface area contributed by atoms with Crippen molar-refractivity contribution >= 4 is 21.7 Å². The number of Topliss-reactive ketones (excluding diaryl/α,β-unsaturated/α-hetero) is 1. The van der Waals surface area contributed by atoms with E-state index in [2.05, 4.69) is 29.8 Å². The third-order valence-electron chi connectivity index (χ3n) is 8.35. The minimum atomic E-state index is -0.196. The maximum Gasteiger partial charge on any atom is 0.139 e. The van der Waals surface area contributed by atoms with Gasteiger partial charge in [0.25, 0.3) is 0 Å². The molecule has 0 saturated heterocycles. The molecule has 4 aliphatic carbocycles. The SMILES string of the molecule is CC12CCC3C(CCC4CC(Br)C(O)CC43C)C1CCC2=O. The van der Waals surface area contributed by atoms with Crippen LogP contribution >= 0.6 is 15.9 Å². The molecule has 0 aliphatic heterocycles. The lowest BCUT2D eigenvalue weighted by Gasteiger charge is -2.60. The van der Waals surface area contributed by atoms with Crippen LogP contribution in [0.5, 0.6) is 0 Å². The molecule has 22 heavy (non-hydrogen) atoms. The van der Waals surface area contributed by atoms with E-state index in [1.165, 1.54) is 19.3 Å². The van der Waals surface area contributed by atoms with Crippen molar-refractivity contribution in [1.82, 2.24) is 0 Å². The number of aliphatic hydroxyl groups is 1. The van der Waals surface area contributed by atoms with E-state index in [-0.39, 0.29) is 16.3 Å². The molecule has 4 saturated carbocycles. The second-order valence-corrected chi connectivity index (χ2v) is 10.3. The minimum Gasteiger partial charge on any atom is -0.392 e. The van der Waals surface area contributed by atoms with Crippen LogP contribution in [0.4, 0.5) is 0 Å². The average Bonchev–Trinajstić information content (AvgIpc) is 2.77. The standard InChI is InChI=1S/C19H29BrO2/c1-18-8-7-14-12(13(18)5-6-17(18)22)4-3-11-9-15(20)16(21)10-19(11,14)2/h11-16,21H,3-10H2,1-2H3. The number of carbonyl (C=O) groups is 1. The van der Waals surface area contributed by atoms with Crippen LogP contribution < -0.4 is 0 Å². The molecule has 0 amide bonds. The Hall–Kier alpha value is 0.110. The summed E-state index contributed by atoms with van der Waals surface area (Å²) in [5, 5.41) is 10.5. The van der Waals surface area contributed by atoms with Crippen molar-refractivity contribution in [3.63, 3.8) is 0 Å². The summed E-state index contributed by atoms with van der Waals surface area (Å²) in [6, 6.07) is 0. The van der Waals surface area contributed by atoms with E-state index in [9.17, 15) is 9.90 Å². The lowest BCUT2D eigenvalue weighted by molar-refractivity contribution is -0.143. The van der Waals surface area contributed by atoms with Gasteiger partial charge in [0.2, 0.25) is 0 Å². The number of halogens is 1. The number of rotatable bonds is 0. The molecule has 3 heteroatoms. The molecule has 0 aromatic carbocycles. The fourth-order valence-electron chi connectivity index (χ4n) is 7.02. The van der Waals surface area contributed by atoms with E-state index in [0.29, 0.717) is 17.1 Å². The van der Waals surface area contributed by atoms with Crippen molar-refractivity contribution in [1.29, 1.82) is 0 Å². The van der Waals surface area contributed by atoms with E-state index in [4.69, 9.17) is 0 Å². The van der Waals surface area contributed by atoms with Gasteiger partial charge in [-0.3, -0.25) is 4.79 Å². The van der Waals surface area contributed by atoms with Crippen molar-refractivity contribution in [2.24, 2.45) is 34.5 Å². The topological polar surface area (TPSA) is 37.3 Å². The number of ketones is 1.